The highest BCUT2D eigenvalue weighted by Gasteiger charge is 2.14. The first-order valence-corrected chi connectivity index (χ1v) is 13.8. The van der Waals surface area contributed by atoms with Crippen LogP contribution in [-0.4, -0.2) is 15.0 Å². The lowest BCUT2D eigenvalue weighted by Crippen LogP contribution is -2.00. The third-order valence-electron chi connectivity index (χ3n) is 7.13. The lowest BCUT2D eigenvalue weighted by Gasteiger charge is -2.11. The summed E-state index contributed by atoms with van der Waals surface area (Å²) in [6, 6.07) is 49.4. The number of fused-ring (bicyclic) bond motifs is 1. The minimum atomic E-state index is 0.573. The van der Waals surface area contributed by atoms with E-state index >= 15 is 0 Å². The molecular weight excluding hydrogens is 522 g/mol. The van der Waals surface area contributed by atoms with Crippen LogP contribution in [0.2, 0.25) is 5.02 Å². The van der Waals surface area contributed by atoms with Crippen LogP contribution in [0.25, 0.3) is 67.2 Å². The van der Waals surface area contributed by atoms with E-state index in [9.17, 15) is 0 Å². The molecule has 0 amide bonds. The Kier molecular flexibility index (Phi) is 6.56. The fourth-order valence-electron chi connectivity index (χ4n) is 5.07. The van der Waals surface area contributed by atoms with Crippen LogP contribution in [0.3, 0.4) is 0 Å². The molecule has 7 aromatic rings. The van der Waals surface area contributed by atoms with Crippen LogP contribution in [0.15, 0.2) is 146 Å². The van der Waals surface area contributed by atoms with E-state index in [1.807, 2.05) is 72.8 Å². The van der Waals surface area contributed by atoms with Crippen molar-refractivity contribution in [3.8, 4) is 56.4 Å². The third-order valence-corrected chi connectivity index (χ3v) is 7.35. The normalized spacial score (nSPS) is 11.0. The number of aromatic nitrogens is 3. The molecule has 1 aromatic heterocycles. The van der Waals surface area contributed by atoms with Crippen LogP contribution in [0.4, 0.5) is 0 Å². The van der Waals surface area contributed by atoms with Gasteiger partial charge in [0.2, 0.25) is 0 Å². The molecule has 0 N–H and O–H groups in total. The van der Waals surface area contributed by atoms with Gasteiger partial charge in [-0.05, 0) is 63.4 Å². The largest absolute Gasteiger partial charge is 0.208 e. The highest BCUT2D eigenvalue weighted by atomic mass is 35.5. The van der Waals surface area contributed by atoms with E-state index in [0.29, 0.717) is 22.5 Å². The van der Waals surface area contributed by atoms with Gasteiger partial charge in [-0.1, -0.05) is 127 Å². The van der Waals surface area contributed by atoms with Crippen molar-refractivity contribution in [1.29, 1.82) is 0 Å². The van der Waals surface area contributed by atoms with Crippen molar-refractivity contribution in [3.63, 3.8) is 0 Å². The van der Waals surface area contributed by atoms with Crippen LogP contribution in [-0.2, 0) is 0 Å². The second kappa shape index (κ2) is 10.8. The maximum atomic E-state index is 6.70. The molecule has 0 bridgehead atoms. The molecular formula is C37H24ClN3. The molecule has 0 aliphatic carbocycles. The van der Waals surface area contributed by atoms with Crippen LogP contribution in [0.1, 0.15) is 0 Å². The Morgan fingerprint density at radius 3 is 1.59 bits per heavy atom. The number of hydrogen-bond donors (Lipinski definition) is 0. The van der Waals surface area contributed by atoms with Crippen molar-refractivity contribution >= 4 is 22.4 Å². The zero-order chi connectivity index (χ0) is 27.6. The molecule has 194 valence electrons. The molecule has 0 atom stereocenters. The van der Waals surface area contributed by atoms with Gasteiger partial charge in [0.05, 0.1) is 0 Å². The number of halogens is 1. The second-order valence-corrected chi connectivity index (χ2v) is 10.3. The van der Waals surface area contributed by atoms with Crippen molar-refractivity contribution in [2.24, 2.45) is 0 Å². The number of nitrogens with zero attached hydrogens (tertiary/aromatic N) is 3. The fourth-order valence-corrected chi connectivity index (χ4v) is 5.31. The van der Waals surface area contributed by atoms with Gasteiger partial charge in [0.25, 0.3) is 0 Å². The average Bonchev–Trinajstić information content (AvgIpc) is 3.05. The van der Waals surface area contributed by atoms with Gasteiger partial charge < -0.3 is 0 Å². The summed E-state index contributed by atoms with van der Waals surface area (Å²) in [7, 11) is 0. The summed E-state index contributed by atoms with van der Waals surface area (Å²) in [4.78, 5) is 14.8. The first-order chi connectivity index (χ1) is 20.2. The molecule has 0 spiro atoms. The van der Waals surface area contributed by atoms with Gasteiger partial charge in [-0.25, -0.2) is 15.0 Å². The minimum absolute atomic E-state index is 0.573. The summed E-state index contributed by atoms with van der Waals surface area (Å²) in [5, 5.41) is 3.00. The van der Waals surface area contributed by atoms with E-state index in [1.54, 1.807) is 0 Å². The van der Waals surface area contributed by atoms with E-state index in [-0.39, 0.29) is 0 Å². The molecule has 4 heteroatoms. The Morgan fingerprint density at radius 1 is 0.317 bits per heavy atom. The summed E-state index contributed by atoms with van der Waals surface area (Å²) < 4.78 is 0. The molecule has 3 nitrogen and oxygen atoms in total. The Morgan fingerprint density at radius 2 is 0.829 bits per heavy atom. The second-order valence-electron chi connectivity index (χ2n) is 9.91. The Bertz CT molecular complexity index is 2000. The van der Waals surface area contributed by atoms with Crippen LogP contribution >= 0.6 is 11.6 Å². The molecule has 6 aromatic carbocycles. The molecule has 0 unspecified atom stereocenters. The van der Waals surface area contributed by atoms with Crippen molar-refractivity contribution in [2.75, 3.05) is 0 Å². The molecule has 41 heavy (non-hydrogen) atoms. The predicted molar refractivity (Wildman–Crippen MR) is 170 cm³/mol. The van der Waals surface area contributed by atoms with Crippen molar-refractivity contribution in [1.82, 2.24) is 15.0 Å². The summed E-state index contributed by atoms with van der Waals surface area (Å²) in [6.07, 6.45) is 0. The zero-order valence-corrected chi connectivity index (χ0v) is 22.8. The molecule has 7 rings (SSSR count). The average molecular weight is 546 g/mol. The number of rotatable bonds is 5. The SMILES string of the molecule is Clc1cc(-c2ccc3ccccc3c2)cc(-c2nc(-c3ccccc3)nc(-c3cccc(-c4ccccc4)c3)n2)c1. The number of hydrogen-bond acceptors (Lipinski definition) is 3. The molecule has 0 radical (unpaired) electrons. The van der Waals surface area contributed by atoms with Gasteiger partial charge in [0.1, 0.15) is 0 Å². The molecule has 0 aliphatic rings. The fraction of sp³-hybridized carbons (Fsp3) is 0. The topological polar surface area (TPSA) is 38.7 Å². The standard InChI is InChI=1S/C37H24ClN3/c38-34-23-32(30-19-18-26-12-7-8-15-28(26)20-30)22-33(24-34)37-40-35(27-13-5-2-6-14-27)39-36(41-37)31-17-9-16-29(21-31)25-10-3-1-4-11-25/h1-24H. The predicted octanol–water partition coefficient (Wildman–Crippen LogP) is 10.0. The summed E-state index contributed by atoms with van der Waals surface area (Å²) in [6.45, 7) is 0. The molecule has 0 aliphatic heterocycles. The van der Waals surface area contributed by atoms with E-state index in [2.05, 4.69) is 72.8 Å². The first kappa shape index (κ1) is 24.9. The molecule has 0 saturated heterocycles. The molecule has 1 heterocycles. The van der Waals surface area contributed by atoms with E-state index < -0.39 is 0 Å². The highest BCUT2D eigenvalue weighted by molar-refractivity contribution is 6.31. The van der Waals surface area contributed by atoms with Crippen molar-refractivity contribution in [2.45, 2.75) is 0 Å². The van der Waals surface area contributed by atoms with E-state index in [1.165, 1.54) is 10.8 Å². The van der Waals surface area contributed by atoms with Gasteiger partial charge in [0.15, 0.2) is 17.5 Å². The summed E-state index contributed by atoms with van der Waals surface area (Å²) in [5.41, 5.74) is 7.01. The minimum Gasteiger partial charge on any atom is -0.208 e. The maximum absolute atomic E-state index is 6.70. The van der Waals surface area contributed by atoms with E-state index in [4.69, 9.17) is 26.6 Å². The first-order valence-electron chi connectivity index (χ1n) is 13.5. The van der Waals surface area contributed by atoms with Gasteiger partial charge in [-0.2, -0.15) is 0 Å². The van der Waals surface area contributed by atoms with Crippen molar-refractivity contribution < 1.29 is 0 Å². The summed E-state index contributed by atoms with van der Waals surface area (Å²) >= 11 is 6.70. The highest BCUT2D eigenvalue weighted by Crippen LogP contribution is 2.33. The van der Waals surface area contributed by atoms with Gasteiger partial charge in [-0.3, -0.25) is 0 Å². The Balaban J connectivity index is 1.38. The summed E-state index contributed by atoms with van der Waals surface area (Å²) in [5.74, 6) is 1.80. The van der Waals surface area contributed by atoms with E-state index in [0.717, 1.165) is 38.9 Å². The van der Waals surface area contributed by atoms with Crippen molar-refractivity contribution in [3.05, 3.63) is 151 Å². The number of benzene rings is 6. The smallest absolute Gasteiger partial charge is 0.164 e. The Hall–Kier alpha value is -5.12. The Labute approximate surface area is 243 Å². The zero-order valence-electron chi connectivity index (χ0n) is 22.1. The molecule has 0 fully saturated rings. The maximum Gasteiger partial charge on any atom is 0.164 e. The lowest BCUT2D eigenvalue weighted by molar-refractivity contribution is 1.07. The van der Waals surface area contributed by atoms with Gasteiger partial charge in [-0.15, -0.1) is 0 Å². The third kappa shape index (κ3) is 5.23. The lowest BCUT2D eigenvalue weighted by atomic mass is 9.99. The van der Waals surface area contributed by atoms with Crippen LogP contribution in [0, 0.1) is 0 Å². The van der Waals surface area contributed by atoms with Crippen LogP contribution < -0.4 is 0 Å². The molecule has 0 saturated carbocycles. The van der Waals surface area contributed by atoms with Gasteiger partial charge in [0, 0.05) is 21.7 Å². The quantitative estimate of drug-likeness (QED) is 0.216. The monoisotopic (exact) mass is 545 g/mol. The van der Waals surface area contributed by atoms with Gasteiger partial charge >= 0.3 is 0 Å². The van der Waals surface area contributed by atoms with Crippen LogP contribution in [0.5, 0.6) is 0 Å².